The number of carbonyl (C=O) groups is 1. The Morgan fingerprint density at radius 1 is 0.500 bits per heavy atom. The van der Waals surface area contributed by atoms with Crippen LogP contribution in [0.5, 0.6) is 0 Å². The molecule has 0 saturated carbocycles. The Morgan fingerprint density at radius 2 is 0.848 bits per heavy atom. The van der Waals surface area contributed by atoms with Gasteiger partial charge in [-0.1, -0.05) is 192 Å². The molecule has 0 bridgehead atoms. The highest BCUT2D eigenvalue weighted by atomic mass is 16.3. The van der Waals surface area contributed by atoms with Gasteiger partial charge in [-0.15, -0.1) is 0 Å². The van der Waals surface area contributed by atoms with Gasteiger partial charge in [-0.3, -0.25) is 4.79 Å². The van der Waals surface area contributed by atoms with E-state index >= 15 is 0 Å². The molecule has 46 heavy (non-hydrogen) atoms. The first-order chi connectivity index (χ1) is 22.7. The smallest absolute Gasteiger partial charge is 0.220 e. The molecular weight excluding hydrogens is 566 g/mol. The molecule has 2 unspecified atom stereocenters. The summed E-state index contributed by atoms with van der Waals surface area (Å²) in [6, 6.07) is -0.641. The first-order valence-corrected chi connectivity index (χ1v) is 20.2. The standard InChI is InChI=1S/C42H79NO3/c1-3-5-7-9-11-13-15-17-19-20-21-22-24-26-28-30-32-34-36-38-42(46)43-40(39-44)41(45)37-35-33-31-29-27-25-23-18-16-14-12-10-8-6-4-2/h16,18,27,29,35,37,40-41,44-45H,3-15,17,19-26,28,30-34,36,38-39H2,1-2H3,(H,43,46)/b18-16+,29-27+,37-35+. The Balaban J connectivity index is 3.62. The molecule has 0 saturated heterocycles. The van der Waals surface area contributed by atoms with Crippen molar-refractivity contribution in [1.29, 1.82) is 0 Å². The van der Waals surface area contributed by atoms with E-state index in [2.05, 4.69) is 43.5 Å². The van der Waals surface area contributed by atoms with E-state index in [0.717, 1.165) is 38.5 Å². The lowest BCUT2D eigenvalue weighted by atomic mass is 10.0. The number of carbonyl (C=O) groups excluding carboxylic acids is 1. The van der Waals surface area contributed by atoms with Gasteiger partial charge in [0.25, 0.3) is 0 Å². The first kappa shape index (κ1) is 44.6. The summed E-state index contributed by atoms with van der Waals surface area (Å²) in [5, 5.41) is 22.9. The van der Waals surface area contributed by atoms with Crippen molar-refractivity contribution >= 4 is 5.91 Å². The maximum absolute atomic E-state index is 12.3. The van der Waals surface area contributed by atoms with Gasteiger partial charge >= 0.3 is 0 Å². The monoisotopic (exact) mass is 646 g/mol. The van der Waals surface area contributed by atoms with Crippen LogP contribution in [0.4, 0.5) is 0 Å². The number of rotatable bonds is 36. The SMILES string of the molecule is CCCCCCC/C=C/CC/C=C/CC/C=C/C(O)C(CO)NC(=O)CCCCCCCCCCCCCCCCCCCCC. The van der Waals surface area contributed by atoms with Crippen LogP contribution in [0.1, 0.15) is 206 Å². The molecule has 2 atom stereocenters. The predicted molar refractivity (Wildman–Crippen MR) is 202 cm³/mol. The van der Waals surface area contributed by atoms with Crippen molar-refractivity contribution in [3.8, 4) is 0 Å². The Hall–Kier alpha value is -1.39. The molecule has 4 heteroatoms. The number of hydrogen-bond acceptors (Lipinski definition) is 3. The highest BCUT2D eigenvalue weighted by Gasteiger charge is 2.17. The van der Waals surface area contributed by atoms with Crippen molar-refractivity contribution in [2.45, 2.75) is 219 Å². The summed E-state index contributed by atoms with van der Waals surface area (Å²) < 4.78 is 0. The molecule has 0 spiro atoms. The highest BCUT2D eigenvalue weighted by Crippen LogP contribution is 2.15. The molecule has 3 N–H and O–H groups in total. The lowest BCUT2D eigenvalue weighted by Gasteiger charge is -2.19. The number of unbranched alkanes of at least 4 members (excludes halogenated alkanes) is 25. The number of hydrogen-bond donors (Lipinski definition) is 3. The predicted octanol–water partition coefficient (Wildman–Crippen LogP) is 12.2. The summed E-state index contributed by atoms with van der Waals surface area (Å²) in [6.45, 7) is 4.28. The lowest BCUT2D eigenvalue weighted by Crippen LogP contribution is -2.45. The van der Waals surface area contributed by atoms with Gasteiger partial charge in [-0.25, -0.2) is 0 Å². The minimum atomic E-state index is -0.866. The summed E-state index contributed by atoms with van der Waals surface area (Å²) in [7, 11) is 0. The maximum atomic E-state index is 12.3. The Morgan fingerprint density at radius 3 is 1.26 bits per heavy atom. The molecule has 0 aliphatic heterocycles. The van der Waals surface area contributed by atoms with E-state index in [0.29, 0.717) is 6.42 Å². The van der Waals surface area contributed by atoms with Gasteiger partial charge < -0.3 is 15.5 Å². The third kappa shape index (κ3) is 34.0. The molecule has 0 aliphatic carbocycles. The molecule has 270 valence electrons. The van der Waals surface area contributed by atoms with Crippen molar-refractivity contribution in [3.05, 3.63) is 36.5 Å². The van der Waals surface area contributed by atoms with E-state index < -0.39 is 12.1 Å². The third-order valence-corrected chi connectivity index (χ3v) is 9.10. The van der Waals surface area contributed by atoms with E-state index in [4.69, 9.17) is 0 Å². The van der Waals surface area contributed by atoms with Crippen molar-refractivity contribution in [1.82, 2.24) is 5.32 Å². The summed E-state index contributed by atoms with van der Waals surface area (Å²) in [4.78, 5) is 12.3. The number of aliphatic hydroxyl groups excluding tert-OH is 2. The second-order valence-corrected chi connectivity index (χ2v) is 13.7. The zero-order valence-electron chi connectivity index (χ0n) is 30.8. The van der Waals surface area contributed by atoms with Crippen LogP contribution in [0.3, 0.4) is 0 Å². The molecule has 0 radical (unpaired) electrons. The van der Waals surface area contributed by atoms with Gasteiger partial charge in [0, 0.05) is 6.42 Å². The highest BCUT2D eigenvalue weighted by molar-refractivity contribution is 5.76. The molecule has 0 rings (SSSR count). The van der Waals surface area contributed by atoms with Crippen molar-refractivity contribution in [2.75, 3.05) is 6.61 Å². The second-order valence-electron chi connectivity index (χ2n) is 13.7. The maximum Gasteiger partial charge on any atom is 0.220 e. The Kier molecular flexibility index (Phi) is 36.9. The average Bonchev–Trinajstić information content (AvgIpc) is 3.06. The van der Waals surface area contributed by atoms with Crippen LogP contribution in [0.15, 0.2) is 36.5 Å². The molecule has 0 aliphatic rings. The van der Waals surface area contributed by atoms with Crippen LogP contribution >= 0.6 is 0 Å². The summed E-state index contributed by atoms with van der Waals surface area (Å²) in [6.07, 6.45) is 49.5. The van der Waals surface area contributed by atoms with Gasteiger partial charge in [-0.05, 0) is 44.9 Å². The number of aliphatic hydroxyl groups is 2. The van der Waals surface area contributed by atoms with Crippen LogP contribution < -0.4 is 5.32 Å². The van der Waals surface area contributed by atoms with Crippen molar-refractivity contribution in [3.63, 3.8) is 0 Å². The van der Waals surface area contributed by atoms with E-state index in [1.54, 1.807) is 6.08 Å². The average molecular weight is 646 g/mol. The molecule has 0 heterocycles. The third-order valence-electron chi connectivity index (χ3n) is 9.10. The molecule has 4 nitrogen and oxygen atoms in total. The fourth-order valence-corrected chi connectivity index (χ4v) is 5.97. The molecular formula is C42H79NO3. The van der Waals surface area contributed by atoms with E-state index in [9.17, 15) is 15.0 Å². The topological polar surface area (TPSA) is 69.6 Å². The molecule has 0 fully saturated rings. The number of amides is 1. The van der Waals surface area contributed by atoms with Gasteiger partial charge in [0.05, 0.1) is 18.8 Å². The van der Waals surface area contributed by atoms with Crippen molar-refractivity contribution < 1.29 is 15.0 Å². The minimum absolute atomic E-state index is 0.0769. The normalized spacial score (nSPS) is 13.4. The minimum Gasteiger partial charge on any atom is -0.394 e. The fourth-order valence-electron chi connectivity index (χ4n) is 5.97. The van der Waals surface area contributed by atoms with E-state index in [1.807, 2.05) is 6.08 Å². The van der Waals surface area contributed by atoms with Crippen molar-refractivity contribution in [2.24, 2.45) is 0 Å². The Bertz CT molecular complexity index is 701. The van der Waals surface area contributed by atoms with Crippen LogP contribution in [-0.2, 0) is 4.79 Å². The lowest BCUT2D eigenvalue weighted by molar-refractivity contribution is -0.123. The van der Waals surface area contributed by atoms with Crippen LogP contribution in [0.25, 0.3) is 0 Å². The second kappa shape index (κ2) is 38.1. The van der Waals surface area contributed by atoms with Crippen LogP contribution in [0, 0.1) is 0 Å². The largest absolute Gasteiger partial charge is 0.394 e. The van der Waals surface area contributed by atoms with Gasteiger partial charge in [-0.2, -0.15) is 0 Å². The number of allylic oxidation sites excluding steroid dienone is 5. The summed E-state index contributed by atoms with van der Waals surface area (Å²) >= 11 is 0. The van der Waals surface area contributed by atoms with E-state index in [-0.39, 0.29) is 12.5 Å². The first-order valence-electron chi connectivity index (χ1n) is 20.2. The summed E-state index contributed by atoms with van der Waals surface area (Å²) in [5.74, 6) is -0.0769. The van der Waals surface area contributed by atoms with Gasteiger partial charge in [0.2, 0.25) is 5.91 Å². The van der Waals surface area contributed by atoms with Gasteiger partial charge in [0.15, 0.2) is 0 Å². The Labute approximate surface area is 287 Å². The van der Waals surface area contributed by atoms with Crippen LogP contribution in [0.2, 0.25) is 0 Å². The quantitative estimate of drug-likeness (QED) is 0.0469. The molecule has 1 amide bonds. The molecule has 0 aromatic rings. The zero-order chi connectivity index (χ0) is 33.6. The zero-order valence-corrected chi connectivity index (χ0v) is 30.8. The van der Waals surface area contributed by atoms with Crippen LogP contribution in [-0.4, -0.2) is 34.9 Å². The fraction of sp³-hybridized carbons (Fsp3) is 0.833. The van der Waals surface area contributed by atoms with Gasteiger partial charge in [0.1, 0.15) is 0 Å². The molecule has 0 aromatic heterocycles. The van der Waals surface area contributed by atoms with E-state index in [1.165, 1.54) is 148 Å². The summed E-state index contributed by atoms with van der Waals surface area (Å²) in [5.41, 5.74) is 0. The molecule has 0 aromatic carbocycles. The number of nitrogens with one attached hydrogen (secondary N) is 1.